The standard InChI is InChI=1S/C17H12F2N6O2/c1-10(18)3-15(20-2)23-17(26)14-5-13(8-25-9-22-24-16(14)25)27-12-4-11(19)6-21-7-12/h3-9H,1-2H2,(H,23,26)/b15-3+. The van der Waals surface area contributed by atoms with Crippen molar-refractivity contribution in [1.82, 2.24) is 24.9 Å². The minimum atomic E-state index is -0.805. The molecule has 0 saturated heterocycles. The van der Waals surface area contributed by atoms with Gasteiger partial charge in [-0.05, 0) is 12.8 Å². The summed E-state index contributed by atoms with van der Waals surface area (Å²) in [6.07, 6.45) is 6.11. The smallest absolute Gasteiger partial charge is 0.260 e. The van der Waals surface area contributed by atoms with E-state index in [-0.39, 0.29) is 28.5 Å². The van der Waals surface area contributed by atoms with Crippen LogP contribution < -0.4 is 10.1 Å². The minimum absolute atomic E-state index is 0.0633. The Labute approximate surface area is 151 Å². The summed E-state index contributed by atoms with van der Waals surface area (Å²) in [6, 6.07) is 2.51. The van der Waals surface area contributed by atoms with E-state index in [4.69, 9.17) is 4.74 Å². The van der Waals surface area contributed by atoms with Crippen LogP contribution in [0.15, 0.2) is 66.3 Å². The second-order valence-corrected chi connectivity index (χ2v) is 5.18. The molecule has 0 bridgehead atoms. The van der Waals surface area contributed by atoms with Crippen LogP contribution in [-0.2, 0) is 0 Å². The van der Waals surface area contributed by atoms with Crippen molar-refractivity contribution < 1.29 is 18.3 Å². The average Bonchev–Trinajstić information content (AvgIpc) is 3.08. The summed E-state index contributed by atoms with van der Waals surface area (Å²) < 4.78 is 33.2. The Kier molecular flexibility index (Phi) is 4.97. The van der Waals surface area contributed by atoms with Gasteiger partial charge >= 0.3 is 0 Å². The monoisotopic (exact) mass is 370 g/mol. The zero-order valence-corrected chi connectivity index (χ0v) is 13.8. The molecular weight excluding hydrogens is 358 g/mol. The van der Waals surface area contributed by atoms with Gasteiger partial charge in [0.2, 0.25) is 0 Å². The number of carbonyl (C=O) groups is 1. The largest absolute Gasteiger partial charge is 0.454 e. The quantitative estimate of drug-likeness (QED) is 0.532. The maximum Gasteiger partial charge on any atom is 0.260 e. The first kappa shape index (κ1) is 17.9. The molecule has 0 aliphatic carbocycles. The molecule has 0 spiro atoms. The van der Waals surface area contributed by atoms with Gasteiger partial charge in [-0.15, -0.1) is 10.2 Å². The number of fused-ring (bicyclic) bond motifs is 1. The summed E-state index contributed by atoms with van der Waals surface area (Å²) in [4.78, 5) is 19.8. The minimum Gasteiger partial charge on any atom is -0.454 e. The molecule has 0 fully saturated rings. The van der Waals surface area contributed by atoms with E-state index in [1.54, 1.807) is 0 Å². The van der Waals surface area contributed by atoms with Crippen molar-refractivity contribution in [2.75, 3.05) is 0 Å². The van der Waals surface area contributed by atoms with Gasteiger partial charge < -0.3 is 10.1 Å². The molecule has 10 heteroatoms. The van der Waals surface area contributed by atoms with Gasteiger partial charge in [0, 0.05) is 12.1 Å². The van der Waals surface area contributed by atoms with Crippen molar-refractivity contribution >= 4 is 18.3 Å². The van der Waals surface area contributed by atoms with E-state index in [0.29, 0.717) is 0 Å². The average molecular weight is 370 g/mol. The van der Waals surface area contributed by atoms with Crippen LogP contribution in [0.1, 0.15) is 10.4 Å². The van der Waals surface area contributed by atoms with Crippen LogP contribution in [0.25, 0.3) is 5.65 Å². The zero-order valence-electron chi connectivity index (χ0n) is 13.8. The fourth-order valence-corrected chi connectivity index (χ4v) is 2.17. The molecule has 0 aliphatic rings. The number of hydrogen-bond donors (Lipinski definition) is 1. The van der Waals surface area contributed by atoms with Crippen LogP contribution in [0.4, 0.5) is 8.78 Å². The number of amides is 1. The highest BCUT2D eigenvalue weighted by atomic mass is 19.1. The molecule has 8 nitrogen and oxygen atoms in total. The van der Waals surface area contributed by atoms with Crippen LogP contribution >= 0.6 is 0 Å². The van der Waals surface area contributed by atoms with Crippen molar-refractivity contribution in [3.05, 3.63) is 72.7 Å². The second-order valence-electron chi connectivity index (χ2n) is 5.18. The number of ether oxygens (including phenoxy) is 1. The predicted octanol–water partition coefficient (Wildman–Crippen LogP) is 2.81. The van der Waals surface area contributed by atoms with Crippen LogP contribution in [-0.4, -0.2) is 32.2 Å². The van der Waals surface area contributed by atoms with E-state index in [1.807, 2.05) is 0 Å². The number of halogens is 2. The number of aliphatic imine (C=N–C) groups is 1. The lowest BCUT2D eigenvalue weighted by Gasteiger charge is -2.10. The first-order chi connectivity index (χ1) is 13.0. The van der Waals surface area contributed by atoms with Crippen molar-refractivity contribution in [3.63, 3.8) is 0 Å². The summed E-state index contributed by atoms with van der Waals surface area (Å²) in [5.41, 5.74) is 0.285. The molecule has 3 heterocycles. The number of allylic oxidation sites excluding steroid dienone is 2. The van der Waals surface area contributed by atoms with Crippen LogP contribution in [0.3, 0.4) is 0 Å². The lowest BCUT2D eigenvalue weighted by molar-refractivity contribution is 0.0966. The number of carbonyl (C=O) groups excluding carboxylic acids is 1. The normalized spacial score (nSPS) is 11.3. The Bertz CT molecular complexity index is 1080. The maximum atomic E-state index is 13.3. The van der Waals surface area contributed by atoms with Crippen molar-refractivity contribution in [2.24, 2.45) is 4.99 Å². The number of hydrogen-bond acceptors (Lipinski definition) is 6. The van der Waals surface area contributed by atoms with Crippen molar-refractivity contribution in [1.29, 1.82) is 0 Å². The molecule has 0 aliphatic heterocycles. The molecule has 3 aromatic rings. The highest BCUT2D eigenvalue weighted by Crippen LogP contribution is 2.24. The molecule has 27 heavy (non-hydrogen) atoms. The van der Waals surface area contributed by atoms with Crippen LogP contribution in [0.5, 0.6) is 11.5 Å². The van der Waals surface area contributed by atoms with Gasteiger partial charge in [-0.25, -0.2) is 13.8 Å². The fraction of sp³-hybridized carbons (Fsp3) is 0. The van der Waals surface area contributed by atoms with Gasteiger partial charge in [0.05, 0.1) is 24.2 Å². The van der Waals surface area contributed by atoms with E-state index in [1.165, 1.54) is 29.2 Å². The Morgan fingerprint density at radius 2 is 2.15 bits per heavy atom. The summed E-state index contributed by atoms with van der Waals surface area (Å²) in [5.74, 6) is -1.83. The summed E-state index contributed by atoms with van der Waals surface area (Å²) >= 11 is 0. The maximum absolute atomic E-state index is 13.3. The number of rotatable bonds is 6. The third-order valence-corrected chi connectivity index (χ3v) is 3.23. The van der Waals surface area contributed by atoms with E-state index >= 15 is 0 Å². The Hall–Kier alpha value is -3.95. The number of nitrogens with one attached hydrogen (secondary N) is 1. The first-order valence-corrected chi connectivity index (χ1v) is 7.42. The Morgan fingerprint density at radius 3 is 2.85 bits per heavy atom. The highest BCUT2D eigenvalue weighted by molar-refractivity contribution is 6.01. The second kappa shape index (κ2) is 7.52. The SMILES string of the molecule is C=N/C(=C\C(=C)F)NC(=O)c1cc(Oc2cncc(F)c2)cn2cnnc12. The third-order valence-electron chi connectivity index (χ3n) is 3.23. The van der Waals surface area contributed by atoms with E-state index in [9.17, 15) is 13.6 Å². The van der Waals surface area contributed by atoms with Gasteiger partial charge in [-0.3, -0.25) is 14.2 Å². The van der Waals surface area contributed by atoms with Crippen molar-refractivity contribution in [2.45, 2.75) is 0 Å². The van der Waals surface area contributed by atoms with Gasteiger partial charge in [-0.2, -0.15) is 0 Å². The third kappa shape index (κ3) is 4.18. The molecule has 0 atom stereocenters. The molecule has 3 aromatic heterocycles. The lowest BCUT2D eigenvalue weighted by atomic mass is 10.2. The number of nitrogens with zero attached hydrogens (tertiary/aromatic N) is 5. The summed E-state index contributed by atoms with van der Waals surface area (Å²) in [6.45, 7) is 6.32. The van der Waals surface area contributed by atoms with E-state index < -0.39 is 17.6 Å². The van der Waals surface area contributed by atoms with Gasteiger partial charge in [-0.1, -0.05) is 6.58 Å². The van der Waals surface area contributed by atoms with Gasteiger partial charge in [0.25, 0.3) is 5.91 Å². The van der Waals surface area contributed by atoms with E-state index in [0.717, 1.165) is 18.3 Å². The number of pyridine rings is 2. The molecule has 1 amide bonds. The van der Waals surface area contributed by atoms with Gasteiger partial charge in [0.1, 0.15) is 35.3 Å². The number of aromatic nitrogens is 4. The van der Waals surface area contributed by atoms with E-state index in [2.05, 4.69) is 38.8 Å². The fourth-order valence-electron chi connectivity index (χ4n) is 2.17. The predicted molar refractivity (Wildman–Crippen MR) is 92.6 cm³/mol. The Balaban J connectivity index is 1.97. The first-order valence-electron chi connectivity index (χ1n) is 7.42. The zero-order chi connectivity index (χ0) is 19.4. The molecule has 136 valence electrons. The molecule has 0 aromatic carbocycles. The lowest BCUT2D eigenvalue weighted by Crippen LogP contribution is -2.22. The molecule has 0 unspecified atom stereocenters. The topological polar surface area (TPSA) is 93.8 Å². The van der Waals surface area contributed by atoms with Crippen LogP contribution in [0.2, 0.25) is 0 Å². The molecule has 3 rings (SSSR count). The Morgan fingerprint density at radius 1 is 1.33 bits per heavy atom. The summed E-state index contributed by atoms with van der Waals surface area (Å²) in [7, 11) is 0. The highest BCUT2D eigenvalue weighted by Gasteiger charge is 2.16. The molecule has 1 N–H and O–H groups in total. The van der Waals surface area contributed by atoms with Crippen molar-refractivity contribution in [3.8, 4) is 11.5 Å². The molecular formula is C17H12F2N6O2. The molecule has 0 saturated carbocycles. The van der Waals surface area contributed by atoms with Crippen LogP contribution in [0, 0.1) is 5.82 Å². The van der Waals surface area contributed by atoms with Gasteiger partial charge in [0.15, 0.2) is 5.65 Å². The summed E-state index contributed by atoms with van der Waals surface area (Å²) in [5, 5.41) is 9.98. The molecule has 0 radical (unpaired) electrons.